The summed E-state index contributed by atoms with van der Waals surface area (Å²) >= 11 is 1.52. The van der Waals surface area contributed by atoms with E-state index in [4.69, 9.17) is 4.74 Å². The Hall–Kier alpha value is -2.16. The molecule has 1 aliphatic heterocycles. The van der Waals surface area contributed by atoms with Crippen LogP contribution in [0.25, 0.3) is 6.08 Å². The maximum Gasteiger partial charge on any atom is 0.309 e. The van der Waals surface area contributed by atoms with Crippen molar-refractivity contribution in [3.63, 3.8) is 0 Å². The van der Waals surface area contributed by atoms with Crippen molar-refractivity contribution in [3.05, 3.63) is 33.3 Å². The van der Waals surface area contributed by atoms with Gasteiger partial charge in [0, 0.05) is 17.7 Å². The lowest BCUT2D eigenvalue weighted by atomic mass is 9.73. The first-order valence-electron chi connectivity index (χ1n) is 12.2. The number of cyclic esters (lactones) is 1. The van der Waals surface area contributed by atoms with E-state index in [1.54, 1.807) is 26.8 Å². The average molecular weight is 506 g/mol. The molecule has 0 bridgehead atoms. The van der Waals surface area contributed by atoms with E-state index in [0.717, 1.165) is 22.6 Å². The van der Waals surface area contributed by atoms with Gasteiger partial charge in [-0.3, -0.25) is 14.4 Å². The first-order valence-corrected chi connectivity index (χ1v) is 13.1. The Bertz CT molecular complexity index is 963. The number of rotatable bonds is 3. The zero-order valence-electron chi connectivity index (χ0n) is 21.6. The Balaban J connectivity index is 2.37. The van der Waals surface area contributed by atoms with Crippen LogP contribution in [0.5, 0.6) is 0 Å². The van der Waals surface area contributed by atoms with E-state index in [1.165, 1.54) is 11.3 Å². The summed E-state index contributed by atoms with van der Waals surface area (Å²) in [7, 11) is 0. The molecule has 1 aliphatic rings. The van der Waals surface area contributed by atoms with Crippen molar-refractivity contribution in [1.29, 1.82) is 0 Å². The third-order valence-corrected chi connectivity index (χ3v) is 7.79. The van der Waals surface area contributed by atoms with Crippen LogP contribution in [0.3, 0.4) is 0 Å². The second kappa shape index (κ2) is 12.7. The number of ketones is 1. The zero-order valence-corrected chi connectivity index (χ0v) is 22.4. The van der Waals surface area contributed by atoms with E-state index in [2.05, 4.69) is 4.98 Å². The molecule has 2 rings (SSSR count). The third kappa shape index (κ3) is 7.92. The molecule has 7 nitrogen and oxygen atoms in total. The van der Waals surface area contributed by atoms with Crippen LogP contribution in [0, 0.1) is 24.2 Å². The molecule has 35 heavy (non-hydrogen) atoms. The van der Waals surface area contributed by atoms with Crippen molar-refractivity contribution >= 4 is 35.5 Å². The second-order valence-corrected chi connectivity index (χ2v) is 11.3. The summed E-state index contributed by atoms with van der Waals surface area (Å²) in [5, 5.41) is 24.4. The lowest BCUT2D eigenvalue weighted by Gasteiger charge is -2.34. The van der Waals surface area contributed by atoms with Crippen LogP contribution in [0.2, 0.25) is 0 Å². The average Bonchev–Trinajstić information content (AvgIpc) is 3.21. The fraction of sp³-hybridized carbons (Fsp3) is 0.630. The monoisotopic (exact) mass is 505 g/mol. The molecule has 0 fully saturated rings. The van der Waals surface area contributed by atoms with E-state index < -0.39 is 35.6 Å². The van der Waals surface area contributed by atoms with E-state index in [9.17, 15) is 24.6 Å². The molecule has 5 atom stereocenters. The van der Waals surface area contributed by atoms with Crippen molar-refractivity contribution in [2.45, 2.75) is 92.0 Å². The minimum absolute atomic E-state index is 0.160. The van der Waals surface area contributed by atoms with Crippen molar-refractivity contribution in [3.8, 4) is 0 Å². The Kier molecular flexibility index (Phi) is 10.5. The number of carbonyl (C=O) groups is 3. The zero-order chi connectivity index (χ0) is 26.3. The van der Waals surface area contributed by atoms with Crippen LogP contribution in [-0.4, -0.2) is 51.5 Å². The third-order valence-electron chi connectivity index (χ3n) is 7.00. The molecule has 2 heterocycles. The largest absolute Gasteiger partial charge is 0.457 e. The Morgan fingerprint density at radius 3 is 2.54 bits per heavy atom. The van der Waals surface area contributed by atoms with Gasteiger partial charge in [0.25, 0.3) is 0 Å². The normalized spacial score (nSPS) is 31.4. The van der Waals surface area contributed by atoms with Gasteiger partial charge in [0.05, 0.1) is 34.7 Å². The van der Waals surface area contributed by atoms with Gasteiger partial charge in [-0.1, -0.05) is 33.8 Å². The first kappa shape index (κ1) is 29.1. The quantitative estimate of drug-likeness (QED) is 0.461. The van der Waals surface area contributed by atoms with Crippen LogP contribution in [-0.2, 0) is 19.1 Å². The summed E-state index contributed by atoms with van der Waals surface area (Å²) in [6.45, 7) is 10.5. The molecule has 0 spiro atoms. The minimum Gasteiger partial charge on any atom is -0.457 e. The molecule has 8 heteroatoms. The molecule has 0 aliphatic carbocycles. The highest BCUT2D eigenvalue weighted by Gasteiger charge is 2.42. The van der Waals surface area contributed by atoms with Crippen LogP contribution in [0.1, 0.15) is 77.4 Å². The number of hydrogen-bond donors (Lipinski definition) is 2. The van der Waals surface area contributed by atoms with E-state index in [0.29, 0.717) is 31.3 Å². The number of thiazole rings is 1. The number of ether oxygens (including phenoxy) is 1. The predicted octanol–water partition coefficient (Wildman–Crippen LogP) is 4.45. The molecule has 0 saturated carbocycles. The highest BCUT2D eigenvalue weighted by molar-refractivity contribution is 7.09. The summed E-state index contributed by atoms with van der Waals surface area (Å²) in [4.78, 5) is 42.1. The number of aromatic nitrogens is 1. The number of aliphatic hydroxyl groups excluding tert-OH is 2. The standard InChI is InChI=1S/C27H39NO6S/c1-16-8-7-9-20(14-29)10-11-22(17(2)12-21-15-35-19(4)28-21)34-24(31)13-23(30)27(5,6)26(33)18(3)25(16)32/h10,12,14-16,18,22-23,25,30,32H,7-9,11,13H2,1-6H3/b17-12+,20-10+/t16-,18+,22-,23-,25-/m0/s1. The van der Waals surface area contributed by atoms with Gasteiger partial charge in [0.15, 0.2) is 0 Å². The number of nitrogens with zero attached hydrogens (tertiary/aromatic N) is 1. The summed E-state index contributed by atoms with van der Waals surface area (Å²) in [5.41, 5.74) is 0.893. The van der Waals surface area contributed by atoms with Gasteiger partial charge < -0.3 is 14.9 Å². The van der Waals surface area contributed by atoms with Crippen molar-refractivity contribution in [2.75, 3.05) is 0 Å². The van der Waals surface area contributed by atoms with E-state index in [1.807, 2.05) is 32.2 Å². The highest BCUT2D eigenvalue weighted by atomic mass is 32.1. The summed E-state index contributed by atoms with van der Waals surface area (Å²) in [5.74, 6) is -1.81. The van der Waals surface area contributed by atoms with Crippen molar-refractivity contribution in [2.24, 2.45) is 17.3 Å². The molecular weight excluding hydrogens is 466 g/mol. The van der Waals surface area contributed by atoms with Gasteiger partial charge in [-0.2, -0.15) is 0 Å². The number of carbonyl (C=O) groups excluding carboxylic acids is 3. The number of aliphatic hydroxyl groups is 2. The number of aldehydes is 1. The molecule has 2 N–H and O–H groups in total. The second-order valence-electron chi connectivity index (χ2n) is 10.2. The van der Waals surface area contributed by atoms with Gasteiger partial charge in [0.1, 0.15) is 18.2 Å². The predicted molar refractivity (Wildman–Crippen MR) is 137 cm³/mol. The Morgan fingerprint density at radius 2 is 1.94 bits per heavy atom. The van der Waals surface area contributed by atoms with Crippen LogP contribution < -0.4 is 0 Å². The molecule has 194 valence electrons. The lowest BCUT2D eigenvalue weighted by Crippen LogP contribution is -2.45. The van der Waals surface area contributed by atoms with Gasteiger partial charge in [-0.25, -0.2) is 4.98 Å². The Labute approximate surface area is 212 Å². The number of Topliss-reactive ketones (excluding diaryl/α,β-unsaturated/α-hetero) is 1. The highest BCUT2D eigenvalue weighted by Crippen LogP contribution is 2.32. The van der Waals surface area contributed by atoms with Crippen LogP contribution in [0.15, 0.2) is 22.6 Å². The fourth-order valence-corrected chi connectivity index (χ4v) is 4.95. The van der Waals surface area contributed by atoms with Crippen molar-refractivity contribution < 1.29 is 29.3 Å². The molecule has 0 amide bonds. The summed E-state index contributed by atoms with van der Waals surface area (Å²) in [6, 6.07) is 0. The van der Waals surface area contributed by atoms with Gasteiger partial charge >= 0.3 is 5.97 Å². The SMILES string of the molecule is C/C(=C\c1csc(C)n1)[C@@H]1C/C=C(/C=O)CCC[C@H](C)[C@H](O)[C@@H](C)C(=O)C(C)(C)[C@@H](O)CC(=O)O1. The molecule has 1 aromatic heterocycles. The molecule has 0 radical (unpaired) electrons. The van der Waals surface area contributed by atoms with Crippen LogP contribution in [0.4, 0.5) is 0 Å². The minimum atomic E-state index is -1.27. The fourth-order valence-electron chi connectivity index (χ4n) is 4.38. The molecular formula is C27H39NO6S. The number of aryl methyl sites for hydroxylation is 1. The molecule has 0 unspecified atom stereocenters. The number of esters is 1. The first-order chi connectivity index (χ1) is 16.4. The van der Waals surface area contributed by atoms with Gasteiger partial charge in [0.2, 0.25) is 0 Å². The maximum absolute atomic E-state index is 13.2. The van der Waals surface area contributed by atoms with Crippen molar-refractivity contribution in [1.82, 2.24) is 4.98 Å². The summed E-state index contributed by atoms with van der Waals surface area (Å²) < 4.78 is 5.74. The number of allylic oxidation sites excluding steroid dienone is 1. The lowest BCUT2D eigenvalue weighted by molar-refractivity contribution is -0.154. The van der Waals surface area contributed by atoms with Gasteiger partial charge in [-0.05, 0) is 56.3 Å². The summed E-state index contributed by atoms with van der Waals surface area (Å²) in [6.07, 6.45) is 3.44. The number of hydrogen-bond acceptors (Lipinski definition) is 8. The maximum atomic E-state index is 13.2. The van der Waals surface area contributed by atoms with Gasteiger partial charge in [-0.15, -0.1) is 11.3 Å². The molecule has 0 aromatic carbocycles. The van der Waals surface area contributed by atoms with Crippen LogP contribution >= 0.6 is 11.3 Å². The smallest absolute Gasteiger partial charge is 0.309 e. The molecule has 0 saturated heterocycles. The van der Waals surface area contributed by atoms with E-state index >= 15 is 0 Å². The topological polar surface area (TPSA) is 114 Å². The Morgan fingerprint density at radius 1 is 1.26 bits per heavy atom. The van der Waals surface area contributed by atoms with E-state index in [-0.39, 0.29) is 18.1 Å². The molecule has 1 aromatic rings.